The third-order valence-electron chi connectivity index (χ3n) is 3.16. The fourth-order valence-corrected chi connectivity index (χ4v) is 1.82. The van der Waals surface area contributed by atoms with E-state index in [1.165, 1.54) is 11.0 Å². The van der Waals surface area contributed by atoms with Crippen molar-refractivity contribution in [3.8, 4) is 0 Å². The van der Waals surface area contributed by atoms with E-state index < -0.39 is 5.97 Å². The van der Waals surface area contributed by atoms with Gasteiger partial charge in [-0.1, -0.05) is 6.08 Å². The summed E-state index contributed by atoms with van der Waals surface area (Å²) in [4.78, 5) is 25.7. The largest absolute Gasteiger partial charge is 0.480 e. The van der Waals surface area contributed by atoms with Gasteiger partial charge in [-0.05, 0) is 25.7 Å². The molecule has 0 aromatic carbocycles. The van der Waals surface area contributed by atoms with Gasteiger partial charge in [0.15, 0.2) is 0 Å². The zero-order valence-corrected chi connectivity index (χ0v) is 10.4. The Morgan fingerprint density at radius 3 is 2.53 bits per heavy atom. The van der Waals surface area contributed by atoms with Crippen LogP contribution in [-0.2, 0) is 4.79 Å². The van der Waals surface area contributed by atoms with Gasteiger partial charge in [-0.2, -0.15) is 0 Å². The molecule has 1 rings (SSSR count). The standard InChI is InChI=1S/C12H20N2O3/c1-4-7-14(8-11(15)16)12(17)13(3)9(2)10-5-6-10/h4,9-10H,1,5-8H2,2-3H3,(H,15,16). The molecule has 1 aliphatic rings. The van der Waals surface area contributed by atoms with Crippen molar-refractivity contribution >= 4 is 12.0 Å². The van der Waals surface area contributed by atoms with Gasteiger partial charge in [-0.15, -0.1) is 6.58 Å². The molecule has 1 atom stereocenters. The number of urea groups is 1. The van der Waals surface area contributed by atoms with E-state index in [4.69, 9.17) is 5.11 Å². The van der Waals surface area contributed by atoms with Crippen molar-refractivity contribution in [3.63, 3.8) is 0 Å². The second kappa shape index (κ2) is 5.70. The number of carbonyl (C=O) groups excluding carboxylic acids is 1. The number of nitrogens with zero attached hydrogens (tertiary/aromatic N) is 2. The Labute approximate surface area is 102 Å². The summed E-state index contributed by atoms with van der Waals surface area (Å²) in [7, 11) is 1.73. The minimum Gasteiger partial charge on any atom is -0.480 e. The highest BCUT2D eigenvalue weighted by Gasteiger charge is 2.34. The number of rotatable bonds is 6. The van der Waals surface area contributed by atoms with E-state index in [1.807, 2.05) is 6.92 Å². The van der Waals surface area contributed by atoms with Gasteiger partial charge in [0.25, 0.3) is 0 Å². The van der Waals surface area contributed by atoms with Gasteiger partial charge in [0.05, 0.1) is 0 Å². The Balaban J connectivity index is 2.61. The molecule has 0 aliphatic heterocycles. The SMILES string of the molecule is C=CCN(CC(=O)O)C(=O)N(C)C(C)C1CC1. The zero-order valence-electron chi connectivity index (χ0n) is 10.4. The zero-order chi connectivity index (χ0) is 13.0. The van der Waals surface area contributed by atoms with E-state index in [1.54, 1.807) is 11.9 Å². The molecule has 0 spiro atoms. The Bertz CT molecular complexity index is 313. The summed E-state index contributed by atoms with van der Waals surface area (Å²) in [6.45, 7) is 5.51. The van der Waals surface area contributed by atoms with Crippen LogP contribution in [0.1, 0.15) is 19.8 Å². The average Bonchev–Trinajstić information content (AvgIpc) is 3.08. The maximum absolute atomic E-state index is 12.1. The van der Waals surface area contributed by atoms with Crippen LogP contribution in [0.15, 0.2) is 12.7 Å². The minimum absolute atomic E-state index is 0.170. The lowest BCUT2D eigenvalue weighted by Gasteiger charge is -2.30. The predicted molar refractivity (Wildman–Crippen MR) is 64.8 cm³/mol. The molecule has 1 saturated carbocycles. The number of amides is 2. The van der Waals surface area contributed by atoms with Gasteiger partial charge in [0.2, 0.25) is 0 Å². The highest BCUT2D eigenvalue weighted by atomic mass is 16.4. The molecular formula is C12H20N2O3. The highest BCUT2D eigenvalue weighted by molar-refractivity contribution is 5.80. The topological polar surface area (TPSA) is 60.9 Å². The van der Waals surface area contributed by atoms with Crippen LogP contribution in [0.5, 0.6) is 0 Å². The van der Waals surface area contributed by atoms with Gasteiger partial charge < -0.3 is 14.9 Å². The first-order valence-electron chi connectivity index (χ1n) is 5.81. The number of aliphatic carboxylic acids is 1. The average molecular weight is 240 g/mol. The van der Waals surface area contributed by atoms with E-state index in [0.717, 1.165) is 12.8 Å². The molecule has 1 N–H and O–H groups in total. The van der Waals surface area contributed by atoms with Crippen LogP contribution in [0.25, 0.3) is 0 Å². The van der Waals surface area contributed by atoms with Crippen LogP contribution >= 0.6 is 0 Å². The number of carbonyl (C=O) groups is 2. The molecule has 5 heteroatoms. The first kappa shape index (κ1) is 13.5. The van der Waals surface area contributed by atoms with Gasteiger partial charge in [-0.3, -0.25) is 4.79 Å². The van der Waals surface area contributed by atoms with Gasteiger partial charge in [0.1, 0.15) is 6.54 Å². The number of carboxylic acids is 1. The molecule has 0 saturated heterocycles. The molecule has 0 heterocycles. The lowest BCUT2D eigenvalue weighted by atomic mass is 10.2. The van der Waals surface area contributed by atoms with Crippen LogP contribution in [-0.4, -0.2) is 53.1 Å². The second-order valence-electron chi connectivity index (χ2n) is 4.53. The second-order valence-corrected chi connectivity index (χ2v) is 4.53. The molecule has 0 bridgehead atoms. The van der Waals surface area contributed by atoms with Crippen molar-refractivity contribution in [3.05, 3.63) is 12.7 Å². The summed E-state index contributed by atoms with van der Waals surface area (Å²) in [5, 5.41) is 8.75. The van der Waals surface area contributed by atoms with Crippen LogP contribution in [0, 0.1) is 5.92 Å². The van der Waals surface area contributed by atoms with Crippen molar-refractivity contribution in [2.24, 2.45) is 5.92 Å². The van der Waals surface area contributed by atoms with Gasteiger partial charge >= 0.3 is 12.0 Å². The lowest BCUT2D eigenvalue weighted by Crippen LogP contribution is -2.47. The molecule has 5 nitrogen and oxygen atoms in total. The van der Waals surface area contributed by atoms with E-state index in [2.05, 4.69) is 6.58 Å². The Kier molecular flexibility index (Phi) is 4.54. The molecular weight excluding hydrogens is 220 g/mol. The van der Waals surface area contributed by atoms with Crippen molar-refractivity contribution in [1.82, 2.24) is 9.80 Å². The van der Waals surface area contributed by atoms with E-state index in [9.17, 15) is 9.59 Å². The molecule has 2 amide bonds. The highest BCUT2D eigenvalue weighted by Crippen LogP contribution is 2.34. The smallest absolute Gasteiger partial charge is 0.323 e. The molecule has 0 aromatic rings. The fraction of sp³-hybridized carbons (Fsp3) is 0.667. The Morgan fingerprint density at radius 2 is 2.12 bits per heavy atom. The normalized spacial score (nSPS) is 16.1. The summed E-state index contributed by atoms with van der Waals surface area (Å²) in [6, 6.07) is -0.0738. The van der Waals surface area contributed by atoms with Crippen LogP contribution in [0.3, 0.4) is 0 Å². The summed E-state index contributed by atoms with van der Waals surface area (Å²) < 4.78 is 0. The van der Waals surface area contributed by atoms with Crippen molar-refractivity contribution in [2.75, 3.05) is 20.1 Å². The van der Waals surface area contributed by atoms with E-state index in [0.29, 0.717) is 5.92 Å². The van der Waals surface area contributed by atoms with Crippen molar-refractivity contribution < 1.29 is 14.7 Å². The first-order valence-corrected chi connectivity index (χ1v) is 5.81. The molecule has 0 radical (unpaired) electrons. The summed E-state index contributed by atoms with van der Waals surface area (Å²) >= 11 is 0. The summed E-state index contributed by atoms with van der Waals surface area (Å²) in [6.07, 6.45) is 3.84. The lowest BCUT2D eigenvalue weighted by molar-refractivity contribution is -0.137. The van der Waals surface area contributed by atoms with E-state index >= 15 is 0 Å². The molecule has 1 aliphatic carbocycles. The molecule has 1 unspecified atom stereocenters. The van der Waals surface area contributed by atoms with Gasteiger partial charge in [-0.25, -0.2) is 4.79 Å². The number of hydrogen-bond donors (Lipinski definition) is 1. The van der Waals surface area contributed by atoms with E-state index in [-0.39, 0.29) is 25.2 Å². The third-order valence-corrected chi connectivity index (χ3v) is 3.16. The van der Waals surface area contributed by atoms with Crippen LogP contribution in [0.2, 0.25) is 0 Å². The van der Waals surface area contributed by atoms with Gasteiger partial charge in [0, 0.05) is 19.6 Å². The predicted octanol–water partition coefficient (Wildman–Crippen LogP) is 1.41. The molecule has 0 aromatic heterocycles. The number of carboxylic acid groups (broad SMARTS) is 1. The number of hydrogen-bond acceptors (Lipinski definition) is 2. The third kappa shape index (κ3) is 3.76. The first-order chi connectivity index (χ1) is 7.97. The van der Waals surface area contributed by atoms with Crippen LogP contribution in [0.4, 0.5) is 4.79 Å². The summed E-state index contributed by atoms with van der Waals surface area (Å²) in [5.74, 6) is -0.438. The minimum atomic E-state index is -1.01. The molecule has 17 heavy (non-hydrogen) atoms. The molecule has 1 fully saturated rings. The van der Waals surface area contributed by atoms with Crippen molar-refractivity contribution in [2.45, 2.75) is 25.8 Å². The maximum Gasteiger partial charge on any atom is 0.323 e. The summed E-state index contributed by atoms with van der Waals surface area (Å²) in [5.41, 5.74) is 0. The maximum atomic E-state index is 12.1. The monoisotopic (exact) mass is 240 g/mol. The molecule has 96 valence electrons. The van der Waals surface area contributed by atoms with Crippen molar-refractivity contribution in [1.29, 1.82) is 0 Å². The Morgan fingerprint density at radius 1 is 1.53 bits per heavy atom. The van der Waals surface area contributed by atoms with Crippen LogP contribution < -0.4 is 0 Å². The fourth-order valence-electron chi connectivity index (χ4n) is 1.82. The quantitative estimate of drug-likeness (QED) is 0.714. The Hall–Kier alpha value is -1.52.